The predicted octanol–water partition coefficient (Wildman–Crippen LogP) is 31.9. The molecule has 3 heteroatoms. The summed E-state index contributed by atoms with van der Waals surface area (Å²) in [5.74, 6) is 0. The Morgan fingerprint density at radius 1 is 0.231 bits per heavy atom. The minimum atomic E-state index is 0. The van der Waals surface area contributed by atoms with Gasteiger partial charge in [-0.2, -0.15) is 12.8 Å². The quantitative estimate of drug-likeness (QED) is 0.0273. The van der Waals surface area contributed by atoms with E-state index in [2.05, 4.69) is 104 Å². The van der Waals surface area contributed by atoms with E-state index in [1.807, 2.05) is 0 Å². The number of aryl methyl sites for hydroxylation is 2. The largest absolute Gasteiger partial charge is 2.00 e. The molecule has 0 fully saturated rings. The summed E-state index contributed by atoms with van der Waals surface area (Å²) in [6, 6.07) is 17.9. The number of benzene rings is 2. The maximum Gasteiger partial charge on any atom is 2.00 e. The first-order valence-electron chi connectivity index (χ1n) is 41.2. The zero-order valence-electron chi connectivity index (χ0n) is 62.5. The van der Waals surface area contributed by atoms with Crippen LogP contribution in [0.4, 0.5) is 0 Å². The molecule has 2 nitrogen and oxygen atoms in total. The van der Waals surface area contributed by atoms with Gasteiger partial charge < -0.3 is 19.4 Å². The minimum Gasteiger partial charge on any atom is -0.493 e. The van der Waals surface area contributed by atoms with Crippen molar-refractivity contribution >= 4 is 11.4 Å². The van der Waals surface area contributed by atoms with E-state index in [-0.39, 0.29) is 20.4 Å². The SMILES string of the molecule is CCCCCCc1ccc(C2=C(CCCC)C(CCCC)=C(c3ccc(CCCC)cc3)[N+]2=[N-])cc1.[CH2-]CCCCCCCCCCCCCCCCCCCCCCCCCC.[CH2-]CCCCCCCCCCCCCCCCCCCCCCCCCC.[Pd+2]. The maximum atomic E-state index is 11.7. The van der Waals surface area contributed by atoms with Crippen molar-refractivity contribution < 1.29 is 25.1 Å². The van der Waals surface area contributed by atoms with Crippen LogP contribution in [0.3, 0.4) is 0 Å². The van der Waals surface area contributed by atoms with Crippen molar-refractivity contribution in [2.75, 3.05) is 0 Å². The third-order valence-electron chi connectivity index (χ3n) is 19.7. The van der Waals surface area contributed by atoms with Crippen molar-refractivity contribution in [3.63, 3.8) is 0 Å². The molecule has 0 aliphatic carbocycles. The Labute approximate surface area is 586 Å². The van der Waals surface area contributed by atoms with Gasteiger partial charge in [-0.05, 0) is 86.8 Å². The van der Waals surface area contributed by atoms with Crippen LogP contribution in [-0.2, 0) is 33.3 Å². The van der Waals surface area contributed by atoms with E-state index in [9.17, 15) is 5.53 Å². The summed E-state index contributed by atoms with van der Waals surface area (Å²) >= 11 is 0. The molecule has 530 valence electrons. The molecular formula is C88H158N2Pd. The number of rotatable bonds is 64. The van der Waals surface area contributed by atoms with Crippen LogP contribution in [0.25, 0.3) is 16.9 Å². The molecule has 2 aromatic rings. The Kier molecular flexibility index (Phi) is 69.6. The summed E-state index contributed by atoms with van der Waals surface area (Å²) in [6.07, 6.45) is 89.0. The van der Waals surface area contributed by atoms with E-state index in [4.69, 9.17) is 0 Å². The van der Waals surface area contributed by atoms with Crippen molar-refractivity contribution in [2.24, 2.45) is 0 Å². The van der Waals surface area contributed by atoms with Gasteiger partial charge >= 0.3 is 20.4 Å². The zero-order valence-corrected chi connectivity index (χ0v) is 64.1. The summed E-state index contributed by atoms with van der Waals surface area (Å²) in [4.78, 5) is 0. The van der Waals surface area contributed by atoms with Gasteiger partial charge in [0.1, 0.15) is 0 Å². The number of hydrogen-bond acceptors (Lipinski definition) is 0. The molecule has 91 heavy (non-hydrogen) atoms. The van der Waals surface area contributed by atoms with E-state index in [0.29, 0.717) is 0 Å². The standard InChI is InChI=1S/C34H48N2.2C27H55.Pd/c1-5-9-13-14-16-28-21-25-30(26-22-28)34-32(18-12-8-4)31(17-11-7-3)33(36(34)35)29-23-19-27(20-24-29)15-10-6-2;2*1-3-5-7-9-11-13-15-17-19-21-23-25-27-26-24-22-20-18-16-14-12-10-8-6-4-2;/h19-26H,5-18H2,1-4H3;2*1,3-27H2,2H3;/q;2*-1;+2. The van der Waals surface area contributed by atoms with Gasteiger partial charge in [0.2, 0.25) is 11.4 Å². The summed E-state index contributed by atoms with van der Waals surface area (Å²) in [5, 5.41) is 0. The molecule has 3 rings (SSSR count). The van der Waals surface area contributed by atoms with Crippen LogP contribution in [0, 0.1) is 13.8 Å². The van der Waals surface area contributed by atoms with E-state index < -0.39 is 0 Å². The van der Waals surface area contributed by atoms with Gasteiger partial charge in [-0.3, -0.25) is 0 Å². The van der Waals surface area contributed by atoms with Gasteiger partial charge in [-0.1, -0.05) is 413 Å². The second-order valence-electron chi connectivity index (χ2n) is 28.5. The van der Waals surface area contributed by atoms with Crippen molar-refractivity contribution in [2.45, 2.75) is 452 Å². The number of nitrogens with zero attached hydrogens (tertiary/aromatic N) is 2. The maximum absolute atomic E-state index is 11.7. The smallest absolute Gasteiger partial charge is 0.493 e. The molecule has 0 spiro atoms. The van der Waals surface area contributed by atoms with Crippen LogP contribution < -0.4 is 0 Å². The van der Waals surface area contributed by atoms with Crippen LogP contribution >= 0.6 is 0 Å². The Balaban J connectivity index is 0.00000135. The normalized spacial score (nSPS) is 12.2. The molecular weight excluding hydrogens is 1190 g/mol. The molecule has 0 unspecified atom stereocenters. The molecule has 0 atom stereocenters. The van der Waals surface area contributed by atoms with E-state index in [1.165, 1.54) is 374 Å². The fourth-order valence-corrected chi connectivity index (χ4v) is 13.6. The van der Waals surface area contributed by atoms with Gasteiger partial charge in [0, 0.05) is 22.3 Å². The fourth-order valence-electron chi connectivity index (χ4n) is 13.6. The molecule has 0 saturated heterocycles. The van der Waals surface area contributed by atoms with Gasteiger partial charge in [0.25, 0.3) is 0 Å². The Bertz CT molecular complexity index is 1760. The zero-order chi connectivity index (χ0) is 65.1. The first-order valence-corrected chi connectivity index (χ1v) is 41.2. The van der Waals surface area contributed by atoms with Crippen LogP contribution in [0.2, 0.25) is 0 Å². The molecule has 0 N–H and O–H groups in total. The number of hydrogen-bond donors (Lipinski definition) is 0. The molecule has 1 aliphatic heterocycles. The molecule has 0 radical (unpaired) electrons. The molecule has 1 heterocycles. The van der Waals surface area contributed by atoms with E-state index in [0.717, 1.165) is 86.7 Å². The van der Waals surface area contributed by atoms with E-state index in [1.54, 1.807) is 0 Å². The molecule has 0 amide bonds. The molecule has 0 saturated carbocycles. The third-order valence-corrected chi connectivity index (χ3v) is 19.7. The van der Waals surface area contributed by atoms with Crippen LogP contribution in [0.1, 0.15) is 462 Å². The van der Waals surface area contributed by atoms with Gasteiger partial charge in [-0.15, -0.1) is 0 Å². The molecule has 0 aromatic heterocycles. The molecule has 0 bridgehead atoms. The predicted molar refractivity (Wildman–Crippen MR) is 409 cm³/mol. The van der Waals surface area contributed by atoms with Crippen LogP contribution in [-0.4, -0.2) is 4.70 Å². The summed E-state index contributed by atoms with van der Waals surface area (Å²) in [5.41, 5.74) is 21.4. The average Bonchev–Trinajstić information content (AvgIpc) is 1.70. The Morgan fingerprint density at radius 2 is 0.407 bits per heavy atom. The molecule has 1 aliphatic rings. The fraction of sp³-hybridized carbons (Fsp3) is 0.795. The number of unbranched alkanes of at least 4 members (excludes halogenated alkanes) is 54. The monoisotopic (exact) mass is 1350 g/mol. The first-order chi connectivity index (χ1) is 44.5. The summed E-state index contributed by atoms with van der Waals surface area (Å²) in [7, 11) is 0. The second-order valence-corrected chi connectivity index (χ2v) is 28.5. The first kappa shape index (κ1) is 89.2. The van der Waals surface area contributed by atoms with Gasteiger partial charge in [0.15, 0.2) is 0 Å². The van der Waals surface area contributed by atoms with Crippen LogP contribution in [0.5, 0.6) is 0 Å². The second kappa shape index (κ2) is 71.0. The Hall–Kier alpha value is -1.82. The van der Waals surface area contributed by atoms with Crippen molar-refractivity contribution in [1.29, 1.82) is 0 Å². The van der Waals surface area contributed by atoms with Crippen LogP contribution in [0.15, 0.2) is 59.7 Å². The van der Waals surface area contributed by atoms with Gasteiger partial charge in [0.05, 0.1) is 0 Å². The van der Waals surface area contributed by atoms with Crippen molar-refractivity contribution in [1.82, 2.24) is 0 Å². The van der Waals surface area contributed by atoms with Crippen molar-refractivity contribution in [3.05, 3.63) is 101 Å². The van der Waals surface area contributed by atoms with Gasteiger partial charge in [-0.25, -0.2) is 4.70 Å². The third kappa shape index (κ3) is 52.0. The average molecular weight is 1350 g/mol. The Morgan fingerprint density at radius 3 is 0.615 bits per heavy atom. The summed E-state index contributed by atoms with van der Waals surface area (Å²) < 4.78 is 1.52. The molecule has 2 aromatic carbocycles. The van der Waals surface area contributed by atoms with Crippen molar-refractivity contribution in [3.8, 4) is 0 Å². The topological polar surface area (TPSA) is 25.3 Å². The summed E-state index contributed by atoms with van der Waals surface area (Å²) in [6.45, 7) is 21.4. The minimum absolute atomic E-state index is 0. The number of allylic oxidation sites excluding steroid dienone is 2. The van der Waals surface area contributed by atoms with E-state index >= 15 is 0 Å².